The number of thiazole rings is 1. The monoisotopic (exact) mass is 310 g/mol. The standard InChI is InChI=1S/C16H14N4OS/c1-9-17-7-6-13(18-9)15(21)19-11-4-5-12-14(8-11)22-16(20-12)10-2-3-10/h4-8,10H,2-3H2,1H3,(H,19,21). The largest absolute Gasteiger partial charge is 0.321 e. The maximum atomic E-state index is 12.2. The molecule has 0 bridgehead atoms. The molecule has 1 N–H and O–H groups in total. The van der Waals surface area contributed by atoms with E-state index in [2.05, 4.69) is 20.3 Å². The normalized spacial score (nSPS) is 14.2. The highest BCUT2D eigenvalue weighted by Crippen LogP contribution is 2.43. The highest BCUT2D eigenvalue weighted by atomic mass is 32.1. The molecule has 1 amide bonds. The summed E-state index contributed by atoms with van der Waals surface area (Å²) in [4.78, 5) is 25.0. The van der Waals surface area contributed by atoms with E-state index in [0.717, 1.165) is 15.9 Å². The Bertz CT molecular complexity index is 869. The lowest BCUT2D eigenvalue weighted by Gasteiger charge is -2.04. The number of aromatic nitrogens is 3. The Kier molecular flexibility index (Phi) is 3.11. The molecule has 0 atom stereocenters. The number of amides is 1. The molecule has 1 aliphatic carbocycles. The average molecular weight is 310 g/mol. The molecule has 22 heavy (non-hydrogen) atoms. The summed E-state index contributed by atoms with van der Waals surface area (Å²) in [6.07, 6.45) is 4.08. The van der Waals surface area contributed by atoms with Crippen molar-refractivity contribution in [3.63, 3.8) is 0 Å². The molecular formula is C16H14N4OS. The van der Waals surface area contributed by atoms with Gasteiger partial charge in [0.2, 0.25) is 0 Å². The van der Waals surface area contributed by atoms with Crippen molar-refractivity contribution in [1.29, 1.82) is 0 Å². The highest BCUT2D eigenvalue weighted by Gasteiger charge is 2.27. The van der Waals surface area contributed by atoms with Gasteiger partial charge in [0.15, 0.2) is 0 Å². The molecule has 0 saturated heterocycles. The summed E-state index contributed by atoms with van der Waals surface area (Å²) in [7, 11) is 0. The van der Waals surface area contributed by atoms with Gasteiger partial charge in [-0.1, -0.05) is 0 Å². The molecule has 0 unspecified atom stereocenters. The SMILES string of the molecule is Cc1nccc(C(=O)Nc2ccc3nc(C4CC4)sc3c2)n1. The second-order valence-electron chi connectivity index (χ2n) is 5.45. The fourth-order valence-electron chi connectivity index (χ4n) is 2.30. The molecule has 1 saturated carbocycles. The quantitative estimate of drug-likeness (QED) is 0.803. The summed E-state index contributed by atoms with van der Waals surface area (Å²) in [5.41, 5.74) is 2.14. The Morgan fingerprint density at radius 2 is 2.14 bits per heavy atom. The van der Waals surface area contributed by atoms with Crippen LogP contribution < -0.4 is 5.32 Å². The van der Waals surface area contributed by atoms with E-state index in [4.69, 9.17) is 0 Å². The molecular weight excluding hydrogens is 296 g/mol. The van der Waals surface area contributed by atoms with E-state index < -0.39 is 0 Å². The molecule has 110 valence electrons. The van der Waals surface area contributed by atoms with Gasteiger partial charge in [-0.15, -0.1) is 11.3 Å². The number of aryl methyl sites for hydroxylation is 1. The smallest absolute Gasteiger partial charge is 0.274 e. The van der Waals surface area contributed by atoms with Crippen LogP contribution in [0, 0.1) is 6.92 Å². The second-order valence-corrected chi connectivity index (χ2v) is 6.51. The molecule has 4 rings (SSSR count). The summed E-state index contributed by atoms with van der Waals surface area (Å²) >= 11 is 1.72. The fourth-order valence-corrected chi connectivity index (χ4v) is 3.48. The molecule has 3 aromatic rings. The van der Waals surface area contributed by atoms with Gasteiger partial charge in [0.1, 0.15) is 11.5 Å². The van der Waals surface area contributed by atoms with Gasteiger partial charge in [-0.05, 0) is 44.0 Å². The van der Waals surface area contributed by atoms with Crippen molar-refractivity contribution in [3.05, 3.63) is 47.0 Å². The number of carbonyl (C=O) groups excluding carboxylic acids is 1. The molecule has 1 aliphatic rings. The van der Waals surface area contributed by atoms with Crippen molar-refractivity contribution in [2.75, 3.05) is 5.32 Å². The van der Waals surface area contributed by atoms with Crippen LogP contribution in [0.5, 0.6) is 0 Å². The topological polar surface area (TPSA) is 67.8 Å². The predicted molar refractivity (Wildman–Crippen MR) is 86.3 cm³/mol. The van der Waals surface area contributed by atoms with E-state index >= 15 is 0 Å². The van der Waals surface area contributed by atoms with Gasteiger partial charge in [-0.25, -0.2) is 15.0 Å². The van der Waals surface area contributed by atoms with Crippen molar-refractivity contribution < 1.29 is 4.79 Å². The van der Waals surface area contributed by atoms with Crippen LogP contribution in [-0.4, -0.2) is 20.9 Å². The number of anilines is 1. The zero-order valence-electron chi connectivity index (χ0n) is 12.0. The van der Waals surface area contributed by atoms with Gasteiger partial charge in [-0.3, -0.25) is 4.79 Å². The van der Waals surface area contributed by atoms with Crippen LogP contribution in [0.4, 0.5) is 5.69 Å². The minimum Gasteiger partial charge on any atom is -0.321 e. The molecule has 2 heterocycles. The van der Waals surface area contributed by atoms with E-state index in [0.29, 0.717) is 17.4 Å². The van der Waals surface area contributed by atoms with Crippen molar-refractivity contribution in [2.24, 2.45) is 0 Å². The van der Waals surface area contributed by atoms with Crippen molar-refractivity contribution in [2.45, 2.75) is 25.7 Å². The third kappa shape index (κ3) is 2.57. The van der Waals surface area contributed by atoms with Crippen LogP contribution in [0.3, 0.4) is 0 Å². The third-order valence-corrected chi connectivity index (χ3v) is 4.78. The van der Waals surface area contributed by atoms with Crippen molar-refractivity contribution in [1.82, 2.24) is 15.0 Å². The first-order valence-electron chi connectivity index (χ1n) is 7.20. The molecule has 0 aliphatic heterocycles. The van der Waals surface area contributed by atoms with Crippen LogP contribution in [0.1, 0.15) is 40.1 Å². The summed E-state index contributed by atoms with van der Waals surface area (Å²) in [5, 5.41) is 4.09. The van der Waals surface area contributed by atoms with Gasteiger partial charge in [0.25, 0.3) is 5.91 Å². The number of hydrogen-bond acceptors (Lipinski definition) is 5. The minimum absolute atomic E-state index is 0.225. The van der Waals surface area contributed by atoms with E-state index in [-0.39, 0.29) is 5.91 Å². The molecule has 1 fully saturated rings. The first kappa shape index (κ1) is 13.3. The number of hydrogen-bond donors (Lipinski definition) is 1. The number of rotatable bonds is 3. The lowest BCUT2D eigenvalue weighted by atomic mass is 10.3. The van der Waals surface area contributed by atoms with Gasteiger partial charge in [0, 0.05) is 17.8 Å². The molecule has 2 aromatic heterocycles. The maximum absolute atomic E-state index is 12.2. The van der Waals surface area contributed by atoms with Crippen molar-refractivity contribution in [3.8, 4) is 0 Å². The van der Waals surface area contributed by atoms with Gasteiger partial charge < -0.3 is 5.32 Å². The summed E-state index contributed by atoms with van der Waals surface area (Å²) in [6, 6.07) is 7.42. The van der Waals surface area contributed by atoms with Gasteiger partial charge in [0.05, 0.1) is 15.2 Å². The van der Waals surface area contributed by atoms with E-state index in [9.17, 15) is 4.79 Å². The Morgan fingerprint density at radius 3 is 2.91 bits per heavy atom. The molecule has 6 heteroatoms. The van der Waals surface area contributed by atoms with E-state index in [1.54, 1.807) is 30.5 Å². The van der Waals surface area contributed by atoms with E-state index in [1.807, 2.05) is 18.2 Å². The Hall–Kier alpha value is -2.34. The number of benzene rings is 1. The first-order chi connectivity index (χ1) is 10.7. The Morgan fingerprint density at radius 1 is 1.27 bits per heavy atom. The summed E-state index contributed by atoms with van der Waals surface area (Å²) < 4.78 is 1.11. The second kappa shape index (κ2) is 5.14. The van der Waals surface area contributed by atoms with Crippen LogP contribution in [0.25, 0.3) is 10.2 Å². The van der Waals surface area contributed by atoms with Crippen LogP contribution >= 0.6 is 11.3 Å². The highest BCUT2D eigenvalue weighted by molar-refractivity contribution is 7.18. The summed E-state index contributed by atoms with van der Waals surface area (Å²) in [6.45, 7) is 1.76. The fraction of sp³-hybridized carbons (Fsp3) is 0.250. The number of carbonyl (C=O) groups is 1. The molecule has 1 aromatic carbocycles. The number of fused-ring (bicyclic) bond motifs is 1. The van der Waals surface area contributed by atoms with Crippen LogP contribution in [0.2, 0.25) is 0 Å². The molecule has 5 nitrogen and oxygen atoms in total. The van der Waals surface area contributed by atoms with Crippen LogP contribution in [0.15, 0.2) is 30.5 Å². The number of nitrogens with zero attached hydrogens (tertiary/aromatic N) is 3. The summed E-state index contributed by atoms with van der Waals surface area (Å²) in [5.74, 6) is 1.01. The minimum atomic E-state index is -0.225. The predicted octanol–water partition coefficient (Wildman–Crippen LogP) is 3.52. The average Bonchev–Trinajstić information content (AvgIpc) is 3.27. The zero-order chi connectivity index (χ0) is 15.1. The lowest BCUT2D eigenvalue weighted by Crippen LogP contribution is -2.14. The molecule has 0 spiro atoms. The number of nitrogens with one attached hydrogen (secondary N) is 1. The maximum Gasteiger partial charge on any atom is 0.274 e. The van der Waals surface area contributed by atoms with Gasteiger partial charge in [-0.2, -0.15) is 0 Å². The first-order valence-corrected chi connectivity index (χ1v) is 8.02. The van der Waals surface area contributed by atoms with Gasteiger partial charge >= 0.3 is 0 Å². The zero-order valence-corrected chi connectivity index (χ0v) is 12.9. The van der Waals surface area contributed by atoms with Crippen LogP contribution in [-0.2, 0) is 0 Å². The lowest BCUT2D eigenvalue weighted by molar-refractivity contribution is 0.102. The Balaban J connectivity index is 1.59. The van der Waals surface area contributed by atoms with E-state index in [1.165, 1.54) is 17.8 Å². The molecule has 0 radical (unpaired) electrons. The Labute approximate surface area is 131 Å². The van der Waals surface area contributed by atoms with Crippen molar-refractivity contribution >= 4 is 33.1 Å². The third-order valence-electron chi connectivity index (χ3n) is 3.60.